The van der Waals surface area contributed by atoms with Crippen LogP contribution in [0.5, 0.6) is 0 Å². The maximum atomic E-state index is 12.8. The summed E-state index contributed by atoms with van der Waals surface area (Å²) in [6, 6.07) is 14.4. The number of nitrogens with zero attached hydrogens (tertiary/aromatic N) is 2. The molecular weight excluding hydrogens is 424 g/mol. The molecule has 1 amide bonds. The fourth-order valence-corrected chi connectivity index (χ4v) is 4.37. The molecule has 160 valence electrons. The van der Waals surface area contributed by atoms with Gasteiger partial charge in [-0.2, -0.15) is 0 Å². The van der Waals surface area contributed by atoms with Gasteiger partial charge in [-0.05, 0) is 36.2 Å². The van der Waals surface area contributed by atoms with Crippen LogP contribution in [0.3, 0.4) is 0 Å². The Kier molecular flexibility index (Phi) is 8.38. The number of amides is 1. The van der Waals surface area contributed by atoms with Crippen molar-refractivity contribution in [1.82, 2.24) is 4.90 Å². The Morgan fingerprint density at radius 1 is 1.20 bits per heavy atom. The zero-order chi connectivity index (χ0) is 21.3. The first-order valence-electron chi connectivity index (χ1n) is 9.52. The van der Waals surface area contributed by atoms with Crippen molar-refractivity contribution < 1.29 is 14.5 Å². The van der Waals surface area contributed by atoms with E-state index < -0.39 is 4.92 Å². The van der Waals surface area contributed by atoms with E-state index in [1.807, 2.05) is 30.3 Å². The summed E-state index contributed by atoms with van der Waals surface area (Å²) < 4.78 is 5.32. The van der Waals surface area contributed by atoms with Crippen molar-refractivity contribution in [2.75, 3.05) is 37.4 Å². The summed E-state index contributed by atoms with van der Waals surface area (Å²) >= 11 is 2.56. The number of carbonyl (C=O) groups excluding carboxylic acids is 1. The van der Waals surface area contributed by atoms with Crippen molar-refractivity contribution in [2.24, 2.45) is 5.14 Å². The molecule has 0 saturated carbocycles. The zero-order valence-corrected chi connectivity index (χ0v) is 18.0. The normalized spacial score (nSPS) is 14.9. The Labute approximate surface area is 183 Å². The quantitative estimate of drug-likeness (QED) is 0.260. The topological polar surface area (TPSA) is 111 Å². The molecule has 2 aromatic carbocycles. The van der Waals surface area contributed by atoms with Crippen LogP contribution in [-0.4, -0.2) is 53.8 Å². The number of rotatable bonds is 9. The Morgan fingerprint density at radius 3 is 2.60 bits per heavy atom. The number of nitrogens with two attached hydrogens (primary N) is 1. The van der Waals surface area contributed by atoms with Gasteiger partial charge in [-0.3, -0.25) is 20.0 Å². The second-order valence-corrected chi connectivity index (χ2v) is 8.52. The molecule has 1 unspecified atom stereocenters. The van der Waals surface area contributed by atoms with E-state index in [0.29, 0.717) is 42.6 Å². The Morgan fingerprint density at radius 2 is 1.93 bits per heavy atom. The minimum atomic E-state index is -0.437. The fourth-order valence-electron chi connectivity index (χ4n) is 3.10. The number of ether oxygens (including phenoxy) is 1. The van der Waals surface area contributed by atoms with Gasteiger partial charge in [-0.15, -0.1) is 11.8 Å². The SMILES string of the molecule is NSc1ccc(NC(CSc2ccccc2)CC(=O)N2CCOCC2)c([N+](=O)[O-])c1. The fraction of sp³-hybridized carbons (Fsp3) is 0.350. The van der Waals surface area contributed by atoms with Crippen molar-refractivity contribution in [2.45, 2.75) is 22.3 Å². The molecule has 10 heteroatoms. The van der Waals surface area contributed by atoms with Crippen LogP contribution in [0, 0.1) is 10.1 Å². The Bertz CT molecular complexity index is 863. The lowest BCUT2D eigenvalue weighted by Gasteiger charge is -2.29. The summed E-state index contributed by atoms with van der Waals surface area (Å²) in [6.45, 7) is 2.21. The van der Waals surface area contributed by atoms with Crippen LogP contribution in [0.2, 0.25) is 0 Å². The van der Waals surface area contributed by atoms with Crippen molar-refractivity contribution >= 4 is 41.0 Å². The third-order valence-corrected chi connectivity index (χ3v) is 6.34. The van der Waals surface area contributed by atoms with E-state index in [-0.39, 0.29) is 24.1 Å². The van der Waals surface area contributed by atoms with Crippen molar-refractivity contribution in [3.63, 3.8) is 0 Å². The van der Waals surface area contributed by atoms with E-state index in [0.717, 1.165) is 16.8 Å². The molecule has 0 spiro atoms. The third kappa shape index (κ3) is 6.36. The van der Waals surface area contributed by atoms with Crippen molar-refractivity contribution in [3.05, 3.63) is 58.6 Å². The lowest BCUT2D eigenvalue weighted by Crippen LogP contribution is -2.43. The maximum absolute atomic E-state index is 12.8. The summed E-state index contributed by atoms with van der Waals surface area (Å²) in [4.78, 5) is 27.4. The van der Waals surface area contributed by atoms with Crippen LogP contribution in [0.25, 0.3) is 0 Å². The van der Waals surface area contributed by atoms with Crippen LogP contribution < -0.4 is 10.5 Å². The van der Waals surface area contributed by atoms with Gasteiger partial charge in [0.15, 0.2) is 0 Å². The maximum Gasteiger partial charge on any atom is 0.293 e. The minimum Gasteiger partial charge on any atom is -0.378 e. The summed E-state index contributed by atoms with van der Waals surface area (Å²) in [6.07, 6.45) is 0.240. The second kappa shape index (κ2) is 11.2. The summed E-state index contributed by atoms with van der Waals surface area (Å²) in [5, 5.41) is 20.3. The first-order valence-corrected chi connectivity index (χ1v) is 11.4. The van der Waals surface area contributed by atoms with Crippen molar-refractivity contribution in [1.29, 1.82) is 0 Å². The van der Waals surface area contributed by atoms with Crippen LogP contribution in [-0.2, 0) is 9.53 Å². The molecule has 1 fully saturated rings. The van der Waals surface area contributed by atoms with Gasteiger partial charge in [-0.1, -0.05) is 18.2 Å². The number of benzene rings is 2. The molecule has 8 nitrogen and oxygen atoms in total. The summed E-state index contributed by atoms with van der Waals surface area (Å²) in [5.41, 5.74) is 0.324. The van der Waals surface area contributed by atoms with Gasteiger partial charge in [0.25, 0.3) is 5.69 Å². The second-order valence-electron chi connectivity index (χ2n) is 6.72. The number of hydrogen-bond acceptors (Lipinski definition) is 8. The van der Waals surface area contributed by atoms with Gasteiger partial charge in [-0.25, -0.2) is 0 Å². The lowest BCUT2D eigenvalue weighted by molar-refractivity contribution is -0.384. The van der Waals surface area contributed by atoms with Gasteiger partial charge in [0.2, 0.25) is 5.91 Å². The van der Waals surface area contributed by atoms with Crippen LogP contribution >= 0.6 is 23.7 Å². The molecule has 30 heavy (non-hydrogen) atoms. The monoisotopic (exact) mass is 448 g/mol. The third-order valence-electron chi connectivity index (χ3n) is 4.64. The average Bonchev–Trinajstić information content (AvgIpc) is 2.78. The molecule has 1 saturated heterocycles. The molecule has 0 radical (unpaired) electrons. The molecule has 1 atom stereocenters. The summed E-state index contributed by atoms with van der Waals surface area (Å²) in [7, 11) is 0. The number of nitrogens with one attached hydrogen (secondary N) is 1. The van der Waals surface area contributed by atoms with Gasteiger partial charge < -0.3 is 15.0 Å². The zero-order valence-electron chi connectivity index (χ0n) is 16.4. The number of carbonyl (C=O) groups is 1. The molecule has 1 heterocycles. The van der Waals surface area contributed by atoms with Crippen LogP contribution in [0.1, 0.15) is 6.42 Å². The molecule has 1 aliphatic rings. The number of morpholine rings is 1. The number of thioether (sulfide) groups is 1. The van der Waals surface area contributed by atoms with E-state index in [1.54, 1.807) is 28.8 Å². The van der Waals surface area contributed by atoms with E-state index in [1.165, 1.54) is 6.07 Å². The van der Waals surface area contributed by atoms with Crippen molar-refractivity contribution in [3.8, 4) is 0 Å². The average molecular weight is 449 g/mol. The van der Waals surface area contributed by atoms with Gasteiger partial charge in [0, 0.05) is 47.2 Å². The summed E-state index contributed by atoms with van der Waals surface area (Å²) in [5.74, 6) is 0.603. The highest BCUT2D eigenvalue weighted by atomic mass is 32.2. The largest absolute Gasteiger partial charge is 0.378 e. The Hall–Kier alpha value is -2.27. The smallest absolute Gasteiger partial charge is 0.293 e. The van der Waals surface area contributed by atoms with E-state index in [2.05, 4.69) is 5.32 Å². The molecule has 0 aliphatic carbocycles. The highest BCUT2D eigenvalue weighted by Gasteiger charge is 2.24. The van der Waals surface area contributed by atoms with Gasteiger partial charge in [0.1, 0.15) is 5.69 Å². The predicted molar refractivity (Wildman–Crippen MR) is 120 cm³/mol. The standard InChI is InChI=1S/C20H24N4O4S2/c21-30-17-6-7-18(19(13-17)24(26)27)22-15(14-29-16-4-2-1-3-5-16)12-20(25)23-8-10-28-11-9-23/h1-7,13,15,22H,8-12,14,21H2. The first kappa shape index (κ1) is 22.4. The van der Waals surface area contributed by atoms with Crippen LogP contribution in [0.4, 0.5) is 11.4 Å². The van der Waals surface area contributed by atoms with E-state index in [4.69, 9.17) is 9.88 Å². The number of anilines is 1. The first-order chi connectivity index (χ1) is 14.6. The predicted octanol–water partition coefficient (Wildman–Crippen LogP) is 3.38. The molecule has 0 aromatic heterocycles. The number of hydrogen-bond donors (Lipinski definition) is 2. The molecule has 3 N–H and O–H groups in total. The highest BCUT2D eigenvalue weighted by Crippen LogP contribution is 2.30. The van der Waals surface area contributed by atoms with Crippen LogP contribution in [0.15, 0.2) is 58.3 Å². The molecule has 1 aliphatic heterocycles. The molecule has 2 aromatic rings. The minimum absolute atomic E-state index is 0.0150. The lowest BCUT2D eigenvalue weighted by atomic mass is 10.1. The number of nitro groups is 1. The van der Waals surface area contributed by atoms with Gasteiger partial charge in [0.05, 0.1) is 18.1 Å². The molecule has 3 rings (SSSR count). The highest BCUT2D eigenvalue weighted by molar-refractivity contribution is 7.99. The molecular formula is C20H24N4O4S2. The molecule has 0 bridgehead atoms. The van der Waals surface area contributed by atoms with E-state index in [9.17, 15) is 14.9 Å². The van der Waals surface area contributed by atoms with Gasteiger partial charge >= 0.3 is 0 Å². The number of nitro benzene ring substituents is 1. The Balaban J connectivity index is 1.76. The van der Waals surface area contributed by atoms with E-state index >= 15 is 0 Å².